The van der Waals surface area contributed by atoms with Gasteiger partial charge in [-0.1, -0.05) is 35.9 Å². The number of carbonyl (C=O) groups is 1. The fraction of sp³-hybridized carbons (Fsp3) is 0.357. The average molecular weight is 265 g/mol. The first kappa shape index (κ1) is 13.0. The monoisotopic (exact) mass is 264 g/mol. The maximum atomic E-state index is 11.9. The zero-order valence-corrected chi connectivity index (χ0v) is 11.2. The number of nitrogens with zero attached hydrogens (tertiary/aromatic N) is 1. The molecule has 0 heterocycles. The Kier molecular flexibility index (Phi) is 4.26. The Morgan fingerprint density at radius 2 is 2.17 bits per heavy atom. The minimum atomic E-state index is -0.0403. The summed E-state index contributed by atoms with van der Waals surface area (Å²) < 4.78 is 0. The number of rotatable bonds is 3. The van der Waals surface area contributed by atoms with E-state index in [4.69, 9.17) is 11.6 Å². The van der Waals surface area contributed by atoms with Crippen LogP contribution in [0.2, 0.25) is 5.02 Å². The van der Waals surface area contributed by atoms with Crippen molar-refractivity contribution in [2.75, 3.05) is 7.05 Å². The van der Waals surface area contributed by atoms with Crippen molar-refractivity contribution in [1.29, 1.82) is 0 Å². The maximum Gasteiger partial charge on any atom is 0.317 e. The van der Waals surface area contributed by atoms with Crippen LogP contribution in [0, 0.1) is 0 Å². The Bertz CT molecular complexity index is 442. The first-order chi connectivity index (χ1) is 8.70. The molecule has 3 nitrogen and oxygen atoms in total. The Labute approximate surface area is 112 Å². The van der Waals surface area contributed by atoms with Crippen LogP contribution in [-0.2, 0) is 6.54 Å². The van der Waals surface area contributed by atoms with Crippen LogP contribution >= 0.6 is 11.6 Å². The summed E-state index contributed by atoms with van der Waals surface area (Å²) in [6.07, 6.45) is 6.27. The Morgan fingerprint density at radius 3 is 2.72 bits per heavy atom. The highest BCUT2D eigenvalue weighted by Gasteiger charge is 2.22. The lowest BCUT2D eigenvalue weighted by molar-refractivity contribution is 0.184. The number of allylic oxidation sites excluding steroid dienone is 1. The van der Waals surface area contributed by atoms with Gasteiger partial charge in [0.1, 0.15) is 0 Å². The summed E-state index contributed by atoms with van der Waals surface area (Å²) >= 11 is 5.86. The van der Waals surface area contributed by atoms with Gasteiger partial charge in [-0.05, 0) is 30.5 Å². The number of nitrogens with one attached hydrogen (secondary N) is 1. The van der Waals surface area contributed by atoms with Crippen LogP contribution in [0.15, 0.2) is 36.4 Å². The normalized spacial score (nSPS) is 17.8. The number of urea groups is 1. The minimum absolute atomic E-state index is 0.0403. The van der Waals surface area contributed by atoms with Gasteiger partial charge in [0.25, 0.3) is 0 Å². The zero-order valence-electron chi connectivity index (χ0n) is 10.4. The molecule has 2 rings (SSSR count). The second-order valence-corrected chi connectivity index (χ2v) is 4.82. The first-order valence-electron chi connectivity index (χ1n) is 6.10. The lowest BCUT2D eigenvalue weighted by Crippen LogP contribution is -2.43. The van der Waals surface area contributed by atoms with Crippen LogP contribution in [-0.4, -0.2) is 24.0 Å². The predicted octanol–water partition coefficient (Wildman–Crippen LogP) is 3.20. The zero-order chi connectivity index (χ0) is 13.0. The molecule has 1 aromatic carbocycles. The summed E-state index contributed by atoms with van der Waals surface area (Å²) in [5.74, 6) is 0. The molecule has 1 aliphatic rings. The van der Waals surface area contributed by atoms with Crippen LogP contribution in [0.25, 0.3) is 0 Å². The number of hydrogen-bond acceptors (Lipinski definition) is 1. The number of benzene rings is 1. The standard InChI is InChI=1S/C14H17ClN2O/c1-16-14(18)17(13-4-2-3-5-13)10-11-6-8-12(15)9-7-11/h2,4,6-9,13H,3,5,10H2,1H3,(H,16,18). The second-order valence-electron chi connectivity index (χ2n) is 4.38. The van der Waals surface area contributed by atoms with Crippen molar-refractivity contribution in [2.24, 2.45) is 0 Å². The third-order valence-electron chi connectivity index (χ3n) is 3.13. The van der Waals surface area contributed by atoms with E-state index in [9.17, 15) is 4.79 Å². The smallest absolute Gasteiger partial charge is 0.317 e. The summed E-state index contributed by atoms with van der Waals surface area (Å²) in [4.78, 5) is 13.8. The van der Waals surface area contributed by atoms with Gasteiger partial charge in [0, 0.05) is 18.6 Å². The molecule has 0 bridgehead atoms. The molecule has 1 unspecified atom stereocenters. The predicted molar refractivity (Wildman–Crippen MR) is 73.6 cm³/mol. The van der Waals surface area contributed by atoms with Crippen molar-refractivity contribution in [1.82, 2.24) is 10.2 Å². The van der Waals surface area contributed by atoms with Gasteiger partial charge in [0.15, 0.2) is 0 Å². The van der Waals surface area contributed by atoms with E-state index < -0.39 is 0 Å². The molecular formula is C14H17ClN2O. The van der Waals surface area contributed by atoms with Crippen LogP contribution in [0.3, 0.4) is 0 Å². The molecule has 0 aromatic heterocycles. The number of amides is 2. The molecular weight excluding hydrogens is 248 g/mol. The summed E-state index contributed by atoms with van der Waals surface area (Å²) in [7, 11) is 1.66. The lowest BCUT2D eigenvalue weighted by Gasteiger charge is -2.27. The van der Waals surface area contributed by atoms with Crippen molar-refractivity contribution in [2.45, 2.75) is 25.4 Å². The summed E-state index contributed by atoms with van der Waals surface area (Å²) in [6, 6.07) is 7.77. The Hall–Kier alpha value is -1.48. The average Bonchev–Trinajstić information content (AvgIpc) is 2.91. The molecule has 0 aliphatic heterocycles. The molecule has 18 heavy (non-hydrogen) atoms. The number of hydrogen-bond donors (Lipinski definition) is 1. The molecule has 0 saturated heterocycles. The SMILES string of the molecule is CNC(=O)N(Cc1ccc(Cl)cc1)C1C=CCC1. The van der Waals surface area contributed by atoms with Crippen molar-refractivity contribution >= 4 is 17.6 Å². The molecule has 1 atom stereocenters. The quantitative estimate of drug-likeness (QED) is 0.836. The number of carbonyl (C=O) groups excluding carboxylic acids is 1. The summed E-state index contributed by atoms with van der Waals surface area (Å²) in [5, 5.41) is 3.41. The van der Waals surface area contributed by atoms with Crippen LogP contribution in [0.1, 0.15) is 18.4 Å². The highest BCUT2D eigenvalue weighted by atomic mass is 35.5. The largest absolute Gasteiger partial charge is 0.341 e. The molecule has 0 fully saturated rings. The van der Waals surface area contributed by atoms with Gasteiger partial charge in [-0.25, -0.2) is 4.79 Å². The molecule has 1 aliphatic carbocycles. The van der Waals surface area contributed by atoms with Crippen molar-refractivity contribution in [3.8, 4) is 0 Å². The lowest BCUT2D eigenvalue weighted by atomic mass is 10.1. The van der Waals surface area contributed by atoms with E-state index in [1.165, 1.54) is 0 Å². The summed E-state index contributed by atoms with van der Waals surface area (Å²) in [5.41, 5.74) is 1.09. The van der Waals surface area contributed by atoms with Gasteiger partial charge in [-0.15, -0.1) is 0 Å². The Balaban J connectivity index is 2.11. The van der Waals surface area contributed by atoms with Crippen molar-refractivity contribution in [3.63, 3.8) is 0 Å². The van der Waals surface area contributed by atoms with E-state index >= 15 is 0 Å². The fourth-order valence-electron chi connectivity index (χ4n) is 2.15. The topological polar surface area (TPSA) is 32.3 Å². The van der Waals surface area contributed by atoms with Gasteiger partial charge in [0.2, 0.25) is 0 Å². The van der Waals surface area contributed by atoms with E-state index in [2.05, 4.69) is 17.5 Å². The molecule has 1 aromatic rings. The molecule has 0 radical (unpaired) electrons. The Morgan fingerprint density at radius 1 is 1.44 bits per heavy atom. The van der Waals surface area contributed by atoms with Gasteiger partial charge < -0.3 is 10.2 Å². The van der Waals surface area contributed by atoms with Crippen LogP contribution in [0.4, 0.5) is 4.79 Å². The highest BCUT2D eigenvalue weighted by Crippen LogP contribution is 2.20. The van der Waals surface area contributed by atoms with E-state index in [0.717, 1.165) is 18.4 Å². The van der Waals surface area contributed by atoms with Crippen LogP contribution in [0.5, 0.6) is 0 Å². The minimum Gasteiger partial charge on any atom is -0.341 e. The maximum absolute atomic E-state index is 11.9. The van der Waals surface area contributed by atoms with Crippen molar-refractivity contribution < 1.29 is 4.79 Å². The number of halogens is 1. The second kappa shape index (κ2) is 5.91. The third kappa shape index (κ3) is 3.05. The molecule has 2 amide bonds. The first-order valence-corrected chi connectivity index (χ1v) is 6.48. The molecule has 4 heteroatoms. The molecule has 0 spiro atoms. The van der Waals surface area contributed by atoms with Gasteiger partial charge >= 0.3 is 6.03 Å². The van der Waals surface area contributed by atoms with E-state index in [1.54, 1.807) is 7.05 Å². The molecule has 0 saturated carbocycles. The third-order valence-corrected chi connectivity index (χ3v) is 3.38. The van der Waals surface area contributed by atoms with Gasteiger partial charge in [0.05, 0.1) is 6.04 Å². The van der Waals surface area contributed by atoms with E-state index in [0.29, 0.717) is 11.6 Å². The van der Waals surface area contributed by atoms with E-state index in [-0.39, 0.29) is 12.1 Å². The molecule has 96 valence electrons. The molecule has 1 N–H and O–H groups in total. The van der Waals surface area contributed by atoms with Crippen molar-refractivity contribution in [3.05, 3.63) is 47.0 Å². The van der Waals surface area contributed by atoms with Gasteiger partial charge in [-0.3, -0.25) is 0 Å². The fourth-order valence-corrected chi connectivity index (χ4v) is 2.27. The van der Waals surface area contributed by atoms with Crippen LogP contribution < -0.4 is 5.32 Å². The van der Waals surface area contributed by atoms with E-state index in [1.807, 2.05) is 29.2 Å². The summed E-state index contributed by atoms with van der Waals surface area (Å²) in [6.45, 7) is 0.603. The van der Waals surface area contributed by atoms with Gasteiger partial charge in [-0.2, -0.15) is 0 Å². The highest BCUT2D eigenvalue weighted by molar-refractivity contribution is 6.30.